The van der Waals surface area contributed by atoms with Gasteiger partial charge in [-0.1, -0.05) is 11.6 Å². The molecule has 0 amide bonds. The summed E-state index contributed by atoms with van der Waals surface area (Å²) in [5.74, 6) is 0. The largest absolute Gasteiger partial charge is 0.271 e. The van der Waals surface area contributed by atoms with Gasteiger partial charge in [-0.2, -0.15) is 5.26 Å². The minimum absolute atomic E-state index is 0.173. The summed E-state index contributed by atoms with van der Waals surface area (Å²) < 4.78 is 0. The smallest absolute Gasteiger partial charge is 0.258 e. The fraction of sp³-hybridized carbons (Fsp3) is 0.125. The number of alkyl halides is 1. The predicted octanol–water partition coefficient (Wildman–Crippen LogP) is 3.05. The third-order valence-electron chi connectivity index (χ3n) is 1.52. The van der Waals surface area contributed by atoms with Gasteiger partial charge in [0.1, 0.15) is 5.38 Å². The fourth-order valence-electron chi connectivity index (χ4n) is 0.923. The molecule has 1 aromatic carbocycles. The summed E-state index contributed by atoms with van der Waals surface area (Å²) in [5, 5.41) is 18.2. The van der Waals surface area contributed by atoms with E-state index in [2.05, 4.69) is 0 Å². The number of nitro groups is 1. The second kappa shape index (κ2) is 4.27. The average Bonchev–Trinajstić information content (AvgIpc) is 2.15. The lowest BCUT2D eigenvalue weighted by Gasteiger charge is -2.01. The van der Waals surface area contributed by atoms with Gasteiger partial charge in [0.15, 0.2) is 0 Å². The highest BCUT2D eigenvalue weighted by Gasteiger charge is 2.13. The molecule has 6 heteroatoms. The Labute approximate surface area is 89.8 Å². The lowest BCUT2D eigenvalue weighted by molar-refractivity contribution is -0.384. The van der Waals surface area contributed by atoms with Crippen LogP contribution in [0.15, 0.2) is 18.2 Å². The lowest BCUT2D eigenvalue weighted by Crippen LogP contribution is -1.92. The van der Waals surface area contributed by atoms with E-state index in [9.17, 15) is 10.1 Å². The van der Waals surface area contributed by atoms with Gasteiger partial charge >= 0.3 is 0 Å². The molecule has 0 spiro atoms. The van der Waals surface area contributed by atoms with E-state index in [1.807, 2.05) is 0 Å². The van der Waals surface area contributed by atoms with Crippen LogP contribution in [-0.4, -0.2) is 4.92 Å². The Bertz CT molecular complexity index is 414. The third-order valence-corrected chi connectivity index (χ3v) is 2.09. The van der Waals surface area contributed by atoms with Crippen LogP contribution in [0.4, 0.5) is 5.69 Å². The van der Waals surface area contributed by atoms with E-state index in [1.165, 1.54) is 18.2 Å². The summed E-state index contributed by atoms with van der Waals surface area (Å²) in [7, 11) is 0. The highest BCUT2D eigenvalue weighted by Crippen LogP contribution is 2.27. The van der Waals surface area contributed by atoms with Crippen LogP contribution in [0.1, 0.15) is 10.9 Å². The van der Waals surface area contributed by atoms with Crippen LogP contribution in [0.5, 0.6) is 0 Å². The number of hydrogen-bond donors (Lipinski definition) is 0. The van der Waals surface area contributed by atoms with Gasteiger partial charge in [-0.3, -0.25) is 10.1 Å². The molecular formula is C8H4Cl2N2O2. The highest BCUT2D eigenvalue weighted by molar-refractivity contribution is 6.31. The molecule has 1 aromatic rings. The number of nitro benzene ring substituents is 1. The Hall–Kier alpha value is -1.31. The monoisotopic (exact) mass is 230 g/mol. The van der Waals surface area contributed by atoms with Crippen molar-refractivity contribution < 1.29 is 4.92 Å². The van der Waals surface area contributed by atoms with Gasteiger partial charge in [0.25, 0.3) is 5.69 Å². The molecule has 1 atom stereocenters. The summed E-state index contributed by atoms with van der Waals surface area (Å²) in [6.45, 7) is 0. The van der Waals surface area contributed by atoms with Gasteiger partial charge in [-0.25, -0.2) is 0 Å². The number of benzene rings is 1. The molecule has 1 rings (SSSR count). The van der Waals surface area contributed by atoms with Crippen molar-refractivity contribution in [1.82, 2.24) is 0 Å². The molecule has 0 fully saturated rings. The van der Waals surface area contributed by atoms with E-state index in [0.717, 1.165) is 0 Å². The fourth-order valence-corrected chi connectivity index (χ4v) is 1.29. The number of nitriles is 1. The summed E-state index contributed by atoms with van der Waals surface area (Å²) in [6.07, 6.45) is 0. The first-order chi connectivity index (χ1) is 6.54. The van der Waals surface area contributed by atoms with Gasteiger partial charge in [-0.05, 0) is 11.6 Å². The van der Waals surface area contributed by atoms with Crippen molar-refractivity contribution in [3.63, 3.8) is 0 Å². The van der Waals surface area contributed by atoms with Crippen LogP contribution < -0.4 is 0 Å². The summed E-state index contributed by atoms with van der Waals surface area (Å²) in [5.41, 5.74) is 0.154. The van der Waals surface area contributed by atoms with Gasteiger partial charge < -0.3 is 0 Å². The maximum Gasteiger partial charge on any atom is 0.271 e. The van der Waals surface area contributed by atoms with E-state index < -0.39 is 10.3 Å². The molecule has 1 unspecified atom stereocenters. The minimum Gasteiger partial charge on any atom is -0.258 e. The van der Waals surface area contributed by atoms with Crippen molar-refractivity contribution >= 4 is 28.9 Å². The second-order valence-corrected chi connectivity index (χ2v) is 3.36. The Morgan fingerprint density at radius 3 is 2.64 bits per heavy atom. The summed E-state index contributed by atoms with van der Waals surface area (Å²) in [4.78, 5) is 9.85. The predicted molar refractivity (Wildman–Crippen MR) is 52.3 cm³/mol. The van der Waals surface area contributed by atoms with Crippen molar-refractivity contribution in [3.8, 4) is 6.07 Å². The third kappa shape index (κ3) is 2.34. The zero-order valence-electron chi connectivity index (χ0n) is 6.78. The van der Waals surface area contributed by atoms with Gasteiger partial charge in [0, 0.05) is 17.2 Å². The number of nitrogens with zero attached hydrogens (tertiary/aromatic N) is 2. The molecule has 0 aliphatic carbocycles. The molecule has 0 bridgehead atoms. The molecule has 72 valence electrons. The molecule has 0 aromatic heterocycles. The van der Waals surface area contributed by atoms with E-state index >= 15 is 0 Å². The standard InChI is InChI=1S/C8H4Cl2N2O2/c9-6-1-5(8(10)4-11)2-7(3-6)12(13)14/h1-3,8H. The van der Waals surface area contributed by atoms with Crippen LogP contribution in [0.2, 0.25) is 5.02 Å². The van der Waals surface area contributed by atoms with Crippen LogP contribution in [-0.2, 0) is 0 Å². The van der Waals surface area contributed by atoms with Crippen LogP contribution in [0.25, 0.3) is 0 Å². The molecule has 0 radical (unpaired) electrons. The van der Waals surface area contributed by atoms with Crippen molar-refractivity contribution in [2.24, 2.45) is 0 Å². The molecular weight excluding hydrogens is 227 g/mol. The van der Waals surface area contributed by atoms with Crippen molar-refractivity contribution in [3.05, 3.63) is 38.9 Å². The van der Waals surface area contributed by atoms with Crippen LogP contribution in [0, 0.1) is 21.4 Å². The molecule has 0 saturated heterocycles. The van der Waals surface area contributed by atoms with Gasteiger partial charge in [0.05, 0.1) is 11.0 Å². The van der Waals surface area contributed by atoms with Crippen LogP contribution >= 0.6 is 23.2 Å². The SMILES string of the molecule is N#CC(Cl)c1cc(Cl)cc([N+](=O)[O-])c1. The van der Waals surface area contributed by atoms with E-state index in [4.69, 9.17) is 28.5 Å². The lowest BCUT2D eigenvalue weighted by atomic mass is 10.1. The maximum absolute atomic E-state index is 10.4. The Morgan fingerprint density at radius 2 is 2.14 bits per heavy atom. The molecule has 0 saturated carbocycles. The zero-order chi connectivity index (χ0) is 10.7. The van der Waals surface area contributed by atoms with E-state index in [-0.39, 0.29) is 10.7 Å². The van der Waals surface area contributed by atoms with Crippen molar-refractivity contribution in [2.45, 2.75) is 5.38 Å². The number of halogens is 2. The quantitative estimate of drug-likeness (QED) is 0.446. The molecule has 14 heavy (non-hydrogen) atoms. The Morgan fingerprint density at radius 1 is 1.50 bits per heavy atom. The van der Waals surface area contributed by atoms with Crippen LogP contribution in [0.3, 0.4) is 0 Å². The minimum atomic E-state index is -0.924. The molecule has 4 nitrogen and oxygen atoms in total. The zero-order valence-corrected chi connectivity index (χ0v) is 8.29. The number of hydrogen-bond acceptors (Lipinski definition) is 3. The van der Waals surface area contributed by atoms with E-state index in [0.29, 0.717) is 5.56 Å². The Balaban J connectivity index is 3.21. The first-order valence-corrected chi connectivity index (χ1v) is 4.34. The number of non-ortho nitro benzene ring substituents is 1. The molecule has 0 aliphatic heterocycles. The summed E-state index contributed by atoms with van der Waals surface area (Å²) >= 11 is 11.2. The first-order valence-electron chi connectivity index (χ1n) is 3.53. The topological polar surface area (TPSA) is 66.9 Å². The van der Waals surface area contributed by atoms with Gasteiger partial charge in [0.2, 0.25) is 0 Å². The number of rotatable bonds is 2. The molecule has 0 heterocycles. The normalized spacial score (nSPS) is 11.8. The average molecular weight is 231 g/mol. The maximum atomic E-state index is 10.4. The van der Waals surface area contributed by atoms with Crippen molar-refractivity contribution in [1.29, 1.82) is 5.26 Å². The first kappa shape index (κ1) is 10.8. The summed E-state index contributed by atoms with van der Waals surface area (Å²) in [6, 6.07) is 5.61. The van der Waals surface area contributed by atoms with Gasteiger partial charge in [-0.15, -0.1) is 11.6 Å². The van der Waals surface area contributed by atoms with Crippen molar-refractivity contribution in [2.75, 3.05) is 0 Å². The molecule has 0 N–H and O–H groups in total. The molecule has 0 aliphatic rings. The van der Waals surface area contributed by atoms with E-state index in [1.54, 1.807) is 6.07 Å². The highest BCUT2D eigenvalue weighted by atomic mass is 35.5. The second-order valence-electron chi connectivity index (χ2n) is 2.49. The Kier molecular flexibility index (Phi) is 3.28.